The molecule has 0 amide bonds. The molecule has 0 saturated heterocycles. The van der Waals surface area contributed by atoms with Crippen LogP contribution in [0.4, 0.5) is 0 Å². The monoisotopic (exact) mass is 294 g/mol. The summed E-state index contributed by atoms with van der Waals surface area (Å²) in [6.45, 7) is 5.60. The van der Waals surface area contributed by atoms with Crippen LogP contribution >= 0.6 is 0 Å². The van der Waals surface area contributed by atoms with Crippen LogP contribution in [0, 0.1) is 5.41 Å². The Labute approximate surface area is 132 Å². The van der Waals surface area contributed by atoms with E-state index in [9.17, 15) is 9.90 Å². The summed E-state index contributed by atoms with van der Waals surface area (Å²) >= 11 is 0. The lowest BCUT2D eigenvalue weighted by molar-refractivity contribution is -0.123. The van der Waals surface area contributed by atoms with Crippen molar-refractivity contribution in [3.63, 3.8) is 0 Å². The Bertz CT molecular complexity index is 649. The fraction of sp³-hybridized carbons (Fsp3) is 0.250. The van der Waals surface area contributed by atoms with Gasteiger partial charge in [-0.2, -0.15) is 0 Å². The largest absolute Gasteiger partial charge is 0.384 e. The molecule has 0 aliphatic rings. The maximum Gasteiger partial charge on any atom is 0.167 e. The second-order valence-electron chi connectivity index (χ2n) is 6.40. The van der Waals surface area contributed by atoms with E-state index in [0.29, 0.717) is 5.57 Å². The summed E-state index contributed by atoms with van der Waals surface area (Å²) in [6, 6.07) is 18.9. The third kappa shape index (κ3) is 3.92. The standard InChI is InChI=1S/C20H22O2/c1-20(2,3)19(22)17(14-15-10-6-4-7-11-15)18(21)16-12-8-5-9-13-16/h4-14,18,21H,1-3H3/b17-14-. The number of benzene rings is 2. The quantitative estimate of drug-likeness (QED) is 0.848. The predicted molar refractivity (Wildman–Crippen MR) is 90.3 cm³/mol. The molecule has 0 bridgehead atoms. The summed E-state index contributed by atoms with van der Waals surface area (Å²) in [4.78, 5) is 12.8. The molecule has 0 aliphatic heterocycles. The molecule has 0 heterocycles. The van der Waals surface area contributed by atoms with Crippen molar-refractivity contribution in [3.8, 4) is 0 Å². The van der Waals surface area contributed by atoms with Gasteiger partial charge in [0.1, 0.15) is 6.10 Å². The maximum atomic E-state index is 12.8. The summed E-state index contributed by atoms with van der Waals surface area (Å²) in [6.07, 6.45) is 0.860. The number of aliphatic hydroxyl groups excluding tert-OH is 1. The van der Waals surface area contributed by atoms with Gasteiger partial charge in [-0.15, -0.1) is 0 Å². The summed E-state index contributed by atoms with van der Waals surface area (Å²) in [5.74, 6) is -0.0484. The summed E-state index contributed by atoms with van der Waals surface area (Å²) in [5.41, 5.74) is 1.51. The Kier molecular flexibility index (Phi) is 4.94. The SMILES string of the molecule is CC(C)(C)C(=O)/C(=C\c1ccccc1)C(O)c1ccccc1. The minimum absolute atomic E-state index is 0.0484. The van der Waals surface area contributed by atoms with Crippen molar-refractivity contribution >= 4 is 11.9 Å². The molecule has 2 heteroatoms. The molecule has 0 radical (unpaired) electrons. The highest BCUT2D eigenvalue weighted by Crippen LogP contribution is 2.30. The van der Waals surface area contributed by atoms with Crippen LogP contribution in [0.1, 0.15) is 38.0 Å². The number of hydrogen-bond acceptors (Lipinski definition) is 2. The van der Waals surface area contributed by atoms with Crippen LogP contribution in [0.5, 0.6) is 0 Å². The number of Topliss-reactive ketones (excluding diaryl/α,β-unsaturated/α-hetero) is 1. The molecule has 0 aliphatic carbocycles. The molecule has 22 heavy (non-hydrogen) atoms. The average Bonchev–Trinajstić information content (AvgIpc) is 2.52. The van der Waals surface area contributed by atoms with Gasteiger partial charge in [-0.1, -0.05) is 81.4 Å². The Balaban J connectivity index is 2.47. The van der Waals surface area contributed by atoms with Gasteiger partial charge >= 0.3 is 0 Å². The first-order valence-electron chi connectivity index (χ1n) is 7.44. The van der Waals surface area contributed by atoms with E-state index in [-0.39, 0.29) is 5.78 Å². The number of carbonyl (C=O) groups is 1. The van der Waals surface area contributed by atoms with Crippen LogP contribution < -0.4 is 0 Å². The first kappa shape index (κ1) is 16.2. The molecule has 2 rings (SSSR count). The van der Waals surface area contributed by atoms with Gasteiger partial charge in [0.2, 0.25) is 0 Å². The normalized spacial score (nSPS) is 13.7. The van der Waals surface area contributed by atoms with Crippen LogP contribution in [0.3, 0.4) is 0 Å². The van der Waals surface area contributed by atoms with Gasteiger partial charge in [0, 0.05) is 11.0 Å². The van der Waals surface area contributed by atoms with Crippen LogP contribution in [-0.4, -0.2) is 10.9 Å². The number of carbonyl (C=O) groups excluding carboxylic acids is 1. The maximum absolute atomic E-state index is 12.8. The second-order valence-corrected chi connectivity index (χ2v) is 6.40. The lowest BCUT2D eigenvalue weighted by Crippen LogP contribution is -2.25. The summed E-state index contributed by atoms with van der Waals surface area (Å²) in [5, 5.41) is 10.7. The molecule has 1 N–H and O–H groups in total. The smallest absolute Gasteiger partial charge is 0.167 e. The van der Waals surface area contributed by atoms with E-state index in [0.717, 1.165) is 11.1 Å². The molecule has 0 aromatic heterocycles. The molecular weight excluding hydrogens is 272 g/mol. The number of aliphatic hydroxyl groups is 1. The van der Waals surface area contributed by atoms with Gasteiger partial charge in [0.25, 0.3) is 0 Å². The highest BCUT2D eigenvalue weighted by Gasteiger charge is 2.29. The van der Waals surface area contributed by atoms with Gasteiger partial charge in [0.15, 0.2) is 5.78 Å². The molecule has 1 atom stereocenters. The third-order valence-electron chi connectivity index (χ3n) is 3.48. The zero-order valence-electron chi connectivity index (χ0n) is 13.3. The lowest BCUT2D eigenvalue weighted by Gasteiger charge is -2.23. The first-order valence-corrected chi connectivity index (χ1v) is 7.44. The Morgan fingerprint density at radius 1 is 0.955 bits per heavy atom. The van der Waals surface area contributed by atoms with Crippen LogP contribution in [0.25, 0.3) is 6.08 Å². The average molecular weight is 294 g/mol. The van der Waals surface area contributed by atoms with E-state index in [2.05, 4.69) is 0 Å². The van der Waals surface area contributed by atoms with Crippen LogP contribution in [0.15, 0.2) is 66.2 Å². The molecule has 0 fully saturated rings. The van der Waals surface area contributed by atoms with E-state index in [4.69, 9.17) is 0 Å². The van der Waals surface area contributed by atoms with E-state index in [1.807, 2.05) is 81.4 Å². The molecule has 2 nitrogen and oxygen atoms in total. The van der Waals surface area contributed by atoms with E-state index in [1.165, 1.54) is 0 Å². The minimum atomic E-state index is -0.923. The first-order chi connectivity index (χ1) is 10.4. The molecule has 0 spiro atoms. The number of ketones is 1. The predicted octanol–water partition coefficient (Wildman–Crippen LogP) is 4.42. The molecule has 1 unspecified atom stereocenters. The van der Waals surface area contributed by atoms with Crippen molar-refractivity contribution in [2.24, 2.45) is 5.41 Å². The molecular formula is C20H22O2. The second kappa shape index (κ2) is 6.71. The van der Waals surface area contributed by atoms with Gasteiger partial charge < -0.3 is 5.11 Å². The molecule has 114 valence electrons. The van der Waals surface area contributed by atoms with Gasteiger partial charge in [-0.3, -0.25) is 4.79 Å². The van der Waals surface area contributed by atoms with Crippen molar-refractivity contribution < 1.29 is 9.90 Å². The zero-order valence-corrected chi connectivity index (χ0v) is 13.3. The lowest BCUT2D eigenvalue weighted by atomic mass is 9.82. The molecule has 2 aromatic rings. The Hall–Kier alpha value is -2.19. The van der Waals surface area contributed by atoms with Crippen molar-refractivity contribution in [2.75, 3.05) is 0 Å². The topological polar surface area (TPSA) is 37.3 Å². The molecule has 2 aromatic carbocycles. The minimum Gasteiger partial charge on any atom is -0.384 e. The van der Waals surface area contributed by atoms with Crippen molar-refractivity contribution in [3.05, 3.63) is 77.4 Å². The van der Waals surface area contributed by atoms with Crippen molar-refractivity contribution in [1.29, 1.82) is 0 Å². The van der Waals surface area contributed by atoms with Crippen molar-refractivity contribution in [1.82, 2.24) is 0 Å². The van der Waals surface area contributed by atoms with Crippen LogP contribution in [0.2, 0.25) is 0 Å². The zero-order chi connectivity index (χ0) is 16.2. The van der Waals surface area contributed by atoms with Gasteiger partial charge in [-0.25, -0.2) is 0 Å². The fourth-order valence-corrected chi connectivity index (χ4v) is 2.25. The van der Waals surface area contributed by atoms with Crippen molar-refractivity contribution in [2.45, 2.75) is 26.9 Å². The van der Waals surface area contributed by atoms with Gasteiger partial charge in [0.05, 0.1) is 0 Å². The highest BCUT2D eigenvalue weighted by atomic mass is 16.3. The Morgan fingerprint density at radius 2 is 1.45 bits per heavy atom. The van der Waals surface area contributed by atoms with E-state index >= 15 is 0 Å². The van der Waals surface area contributed by atoms with E-state index in [1.54, 1.807) is 6.08 Å². The highest BCUT2D eigenvalue weighted by molar-refractivity contribution is 6.03. The third-order valence-corrected chi connectivity index (χ3v) is 3.48. The number of rotatable bonds is 4. The molecule has 0 saturated carbocycles. The summed E-state index contributed by atoms with van der Waals surface area (Å²) < 4.78 is 0. The fourth-order valence-electron chi connectivity index (χ4n) is 2.25. The van der Waals surface area contributed by atoms with Crippen LogP contribution in [-0.2, 0) is 4.79 Å². The number of hydrogen-bond donors (Lipinski definition) is 1. The van der Waals surface area contributed by atoms with Gasteiger partial charge in [-0.05, 0) is 17.2 Å². The Morgan fingerprint density at radius 3 is 1.95 bits per heavy atom. The van der Waals surface area contributed by atoms with E-state index < -0.39 is 11.5 Å². The summed E-state index contributed by atoms with van der Waals surface area (Å²) in [7, 11) is 0.